The molecular weight excluding hydrogens is 322 g/mol. The van der Waals surface area contributed by atoms with Crippen LogP contribution < -0.4 is 14.8 Å². The maximum atomic E-state index is 9.04. The van der Waals surface area contributed by atoms with Gasteiger partial charge in [-0.2, -0.15) is 10.5 Å². The molecule has 24 heavy (non-hydrogen) atoms. The number of nitriles is 2. The molecule has 0 amide bonds. The van der Waals surface area contributed by atoms with Gasteiger partial charge in [-0.25, -0.2) is 0 Å². The van der Waals surface area contributed by atoms with E-state index in [-0.39, 0.29) is 0 Å². The number of nitrogens with one attached hydrogen (secondary N) is 1. The monoisotopic (exact) mass is 337 g/mol. The van der Waals surface area contributed by atoms with E-state index in [0.29, 0.717) is 39.7 Å². The van der Waals surface area contributed by atoms with Gasteiger partial charge in [-0.1, -0.05) is 12.2 Å². The van der Waals surface area contributed by atoms with Crippen molar-refractivity contribution in [2.75, 3.05) is 14.2 Å². The number of ether oxygens (including phenoxy) is 2. The van der Waals surface area contributed by atoms with Crippen LogP contribution in [0.25, 0.3) is 0 Å². The summed E-state index contributed by atoms with van der Waals surface area (Å²) >= 11 is 5.36. The highest BCUT2D eigenvalue weighted by atomic mass is 32.1. The van der Waals surface area contributed by atoms with Gasteiger partial charge in [0, 0.05) is 18.2 Å². The fourth-order valence-corrected chi connectivity index (χ4v) is 2.33. The Morgan fingerprint density at radius 1 is 0.958 bits per heavy atom. The number of methoxy groups -OCH3 is 2. The molecule has 6 heteroatoms. The van der Waals surface area contributed by atoms with E-state index in [4.69, 9.17) is 32.2 Å². The van der Waals surface area contributed by atoms with Gasteiger partial charge in [0.25, 0.3) is 0 Å². The molecule has 2 aromatic carbocycles. The van der Waals surface area contributed by atoms with E-state index in [0.717, 1.165) is 5.56 Å². The van der Waals surface area contributed by atoms with E-state index in [9.17, 15) is 0 Å². The molecule has 0 aliphatic heterocycles. The summed E-state index contributed by atoms with van der Waals surface area (Å²) in [5.74, 6) is 1.38. The van der Waals surface area contributed by atoms with Crippen LogP contribution in [0.2, 0.25) is 0 Å². The number of rotatable bonds is 5. The van der Waals surface area contributed by atoms with Crippen LogP contribution in [0.4, 0.5) is 0 Å². The van der Waals surface area contributed by atoms with Gasteiger partial charge in [-0.15, -0.1) is 0 Å². The summed E-state index contributed by atoms with van der Waals surface area (Å²) in [6, 6.07) is 14.4. The topological polar surface area (TPSA) is 78.1 Å². The second-order valence-electron chi connectivity index (χ2n) is 4.93. The van der Waals surface area contributed by atoms with E-state index < -0.39 is 0 Å². The molecule has 0 aliphatic carbocycles. The van der Waals surface area contributed by atoms with Crippen LogP contribution in [-0.2, 0) is 6.54 Å². The van der Waals surface area contributed by atoms with Gasteiger partial charge in [-0.3, -0.25) is 0 Å². The predicted molar refractivity (Wildman–Crippen MR) is 94.0 cm³/mol. The van der Waals surface area contributed by atoms with Crippen molar-refractivity contribution in [3.8, 4) is 23.6 Å². The highest BCUT2D eigenvalue weighted by Gasteiger charge is 2.07. The summed E-state index contributed by atoms with van der Waals surface area (Å²) in [5.41, 5.74) is 2.37. The summed E-state index contributed by atoms with van der Waals surface area (Å²) in [6.07, 6.45) is 0. The number of thiocarbonyl (C=S) groups is 1. The first-order valence-corrected chi connectivity index (χ1v) is 7.46. The summed E-state index contributed by atoms with van der Waals surface area (Å²) in [6.45, 7) is 0.463. The molecule has 0 saturated carbocycles. The minimum Gasteiger partial charge on any atom is -0.497 e. The minimum absolute atomic E-state index is 0.399. The van der Waals surface area contributed by atoms with Gasteiger partial charge in [0.2, 0.25) is 0 Å². The molecule has 0 saturated heterocycles. The quantitative estimate of drug-likeness (QED) is 0.845. The molecule has 0 fully saturated rings. The molecular formula is C18H15N3O2S. The molecule has 0 aliphatic rings. The van der Waals surface area contributed by atoms with Gasteiger partial charge in [0.05, 0.1) is 37.5 Å². The van der Waals surface area contributed by atoms with E-state index >= 15 is 0 Å². The molecule has 0 heterocycles. The lowest BCUT2D eigenvalue weighted by molar-refractivity contribution is 0.393. The van der Waals surface area contributed by atoms with Crippen molar-refractivity contribution in [1.29, 1.82) is 10.5 Å². The van der Waals surface area contributed by atoms with Crippen molar-refractivity contribution in [1.82, 2.24) is 5.32 Å². The van der Waals surface area contributed by atoms with Gasteiger partial charge in [-0.05, 0) is 35.9 Å². The summed E-state index contributed by atoms with van der Waals surface area (Å²) < 4.78 is 10.5. The number of benzene rings is 2. The summed E-state index contributed by atoms with van der Waals surface area (Å²) in [4.78, 5) is 0.463. The molecule has 0 unspecified atom stereocenters. The maximum absolute atomic E-state index is 9.04. The van der Waals surface area contributed by atoms with E-state index in [1.54, 1.807) is 32.4 Å². The highest BCUT2D eigenvalue weighted by molar-refractivity contribution is 7.80. The largest absolute Gasteiger partial charge is 0.497 e. The predicted octanol–water partition coefficient (Wildman–Crippen LogP) is 2.91. The van der Waals surface area contributed by atoms with Crippen molar-refractivity contribution < 1.29 is 9.47 Å². The highest BCUT2D eigenvalue weighted by Crippen LogP contribution is 2.22. The Morgan fingerprint density at radius 3 is 1.96 bits per heavy atom. The third kappa shape index (κ3) is 4.22. The van der Waals surface area contributed by atoms with Crippen LogP contribution in [0, 0.1) is 22.7 Å². The van der Waals surface area contributed by atoms with Crippen molar-refractivity contribution in [3.05, 3.63) is 58.7 Å². The van der Waals surface area contributed by atoms with E-state index in [1.165, 1.54) is 6.07 Å². The lowest BCUT2D eigenvalue weighted by atomic mass is 10.1. The molecule has 2 rings (SSSR count). The smallest absolute Gasteiger partial charge is 0.122 e. The maximum Gasteiger partial charge on any atom is 0.122 e. The Kier molecular flexibility index (Phi) is 5.73. The van der Waals surface area contributed by atoms with Crippen LogP contribution in [0.5, 0.6) is 11.5 Å². The van der Waals surface area contributed by atoms with Crippen molar-refractivity contribution in [3.63, 3.8) is 0 Å². The average Bonchev–Trinajstić information content (AvgIpc) is 2.64. The summed E-state index contributed by atoms with van der Waals surface area (Å²) in [7, 11) is 3.18. The zero-order chi connectivity index (χ0) is 17.5. The third-order valence-electron chi connectivity index (χ3n) is 3.32. The second-order valence-corrected chi connectivity index (χ2v) is 5.33. The normalized spacial score (nSPS) is 9.50. The fourth-order valence-electron chi connectivity index (χ4n) is 2.14. The van der Waals surface area contributed by atoms with Crippen LogP contribution in [0.1, 0.15) is 22.3 Å². The van der Waals surface area contributed by atoms with E-state index in [2.05, 4.69) is 5.32 Å². The lowest BCUT2D eigenvalue weighted by Crippen LogP contribution is -2.22. The Morgan fingerprint density at radius 2 is 1.50 bits per heavy atom. The zero-order valence-corrected chi connectivity index (χ0v) is 14.1. The summed E-state index contributed by atoms with van der Waals surface area (Å²) in [5, 5.41) is 21.2. The Bertz CT molecular complexity index is 796. The van der Waals surface area contributed by atoms with Crippen LogP contribution in [0.3, 0.4) is 0 Å². The third-order valence-corrected chi connectivity index (χ3v) is 3.70. The molecule has 0 bridgehead atoms. The van der Waals surface area contributed by atoms with E-state index in [1.807, 2.05) is 24.3 Å². The van der Waals surface area contributed by atoms with Crippen molar-refractivity contribution in [2.24, 2.45) is 0 Å². The first kappa shape index (κ1) is 17.3. The van der Waals surface area contributed by atoms with Gasteiger partial charge in [0.1, 0.15) is 16.5 Å². The Balaban J connectivity index is 2.17. The zero-order valence-electron chi connectivity index (χ0n) is 13.3. The van der Waals surface area contributed by atoms with Gasteiger partial charge >= 0.3 is 0 Å². The molecule has 0 radical (unpaired) electrons. The van der Waals surface area contributed by atoms with Crippen LogP contribution in [-0.4, -0.2) is 19.2 Å². The van der Waals surface area contributed by atoms with Crippen LogP contribution in [0.15, 0.2) is 36.4 Å². The Labute approximate surface area is 146 Å². The molecule has 0 spiro atoms. The average molecular weight is 337 g/mol. The minimum atomic E-state index is 0.399. The molecule has 120 valence electrons. The first-order valence-electron chi connectivity index (χ1n) is 7.05. The second kappa shape index (κ2) is 7.96. The molecule has 1 N–H and O–H groups in total. The number of hydrogen-bond donors (Lipinski definition) is 1. The molecule has 2 aromatic rings. The molecule has 5 nitrogen and oxygen atoms in total. The van der Waals surface area contributed by atoms with Crippen molar-refractivity contribution in [2.45, 2.75) is 6.54 Å². The first-order chi connectivity index (χ1) is 11.6. The Hall–Kier alpha value is -3.09. The molecule has 0 atom stereocenters. The van der Waals surface area contributed by atoms with Gasteiger partial charge in [0.15, 0.2) is 0 Å². The van der Waals surface area contributed by atoms with Gasteiger partial charge < -0.3 is 14.8 Å². The van der Waals surface area contributed by atoms with Crippen LogP contribution >= 0.6 is 12.2 Å². The standard InChI is InChI=1S/C18H15N3O2S/c1-22-16-6-14(7-17(8-16)23-2)11-21-18(24)15-4-12(9-19)3-13(5-15)10-20/h3-8H,11H2,1-2H3,(H,21,24). The van der Waals surface area contributed by atoms with Crippen molar-refractivity contribution >= 4 is 17.2 Å². The molecule has 0 aromatic heterocycles. The fraction of sp³-hybridized carbons (Fsp3) is 0.167. The number of nitrogens with zero attached hydrogens (tertiary/aromatic N) is 2. The lowest BCUT2D eigenvalue weighted by Gasteiger charge is -2.11. The SMILES string of the molecule is COc1cc(CNC(=S)c2cc(C#N)cc(C#N)c2)cc(OC)c1. The number of hydrogen-bond acceptors (Lipinski definition) is 5.